The third kappa shape index (κ3) is 4.43. The van der Waals surface area contributed by atoms with Crippen molar-refractivity contribution in [3.63, 3.8) is 0 Å². The summed E-state index contributed by atoms with van der Waals surface area (Å²) in [4.78, 5) is 28.4. The minimum absolute atomic E-state index is 0.147. The van der Waals surface area contributed by atoms with Gasteiger partial charge in [-0.2, -0.15) is 0 Å². The highest BCUT2D eigenvalue weighted by Crippen LogP contribution is 2.39. The maximum atomic E-state index is 12.4. The third-order valence-electron chi connectivity index (χ3n) is 6.01. The summed E-state index contributed by atoms with van der Waals surface area (Å²) in [6.45, 7) is 9.59. The smallest absolute Gasteiger partial charge is 0.457 e. The maximum Gasteiger partial charge on any atom is 0.457 e. The van der Waals surface area contributed by atoms with Gasteiger partial charge in [0.2, 0.25) is 5.91 Å². The van der Waals surface area contributed by atoms with Crippen LogP contribution in [0.1, 0.15) is 47.5 Å². The van der Waals surface area contributed by atoms with E-state index in [0.717, 1.165) is 0 Å². The van der Waals surface area contributed by atoms with Crippen molar-refractivity contribution >= 4 is 19.0 Å². The van der Waals surface area contributed by atoms with Crippen molar-refractivity contribution in [1.82, 2.24) is 4.90 Å². The Morgan fingerprint density at radius 1 is 1.36 bits per heavy atom. The molecule has 0 aromatic rings. The summed E-state index contributed by atoms with van der Waals surface area (Å²) in [5.74, 6) is -1.79. The van der Waals surface area contributed by atoms with Crippen molar-refractivity contribution < 1.29 is 24.0 Å². The Labute approximate surface area is 165 Å². The standard InChI is InChI=1S/C17H30BN5O5/c1-11(19)13(24)23-9-12(8-17(10-23,14(25)26)21-22-20)6-7-18-27-15(2,3)16(4,5)28-18/h11-12H,6-10,19H2,1-5H3,(H,25,26)/t11-,12-,17-/m0/s1. The second kappa shape index (κ2) is 7.90. The molecule has 0 spiro atoms. The molecule has 0 aromatic carbocycles. The normalized spacial score (nSPS) is 29.9. The molecular formula is C17H30BN5O5. The lowest BCUT2D eigenvalue weighted by Crippen LogP contribution is -2.58. The summed E-state index contributed by atoms with van der Waals surface area (Å²) in [5.41, 5.74) is 12.0. The predicted octanol–water partition coefficient (Wildman–Crippen LogP) is 1.80. The molecule has 2 aliphatic rings. The first kappa shape index (κ1) is 22.5. The van der Waals surface area contributed by atoms with Crippen molar-refractivity contribution in [2.75, 3.05) is 13.1 Å². The zero-order chi connectivity index (χ0) is 21.3. The molecule has 3 N–H and O–H groups in total. The minimum atomic E-state index is -1.70. The van der Waals surface area contributed by atoms with Gasteiger partial charge >= 0.3 is 13.1 Å². The average molecular weight is 395 g/mol. The van der Waals surface area contributed by atoms with Gasteiger partial charge in [0.25, 0.3) is 0 Å². The van der Waals surface area contributed by atoms with Crippen LogP contribution in [0.4, 0.5) is 0 Å². The molecule has 156 valence electrons. The number of hydrogen-bond donors (Lipinski definition) is 2. The molecule has 2 heterocycles. The molecule has 1 amide bonds. The van der Waals surface area contributed by atoms with Crippen LogP contribution in [0.2, 0.25) is 6.32 Å². The second-order valence-electron chi connectivity index (χ2n) is 8.87. The lowest BCUT2D eigenvalue weighted by molar-refractivity contribution is -0.149. The van der Waals surface area contributed by atoms with E-state index in [1.807, 2.05) is 27.7 Å². The first-order valence-electron chi connectivity index (χ1n) is 9.53. The SMILES string of the molecule is C[C@H](N)C(=O)N1C[C@@H](CCB2OC(C)(C)C(C)(C)O2)C[C@@](N=[N+]=[N-])(C(=O)O)C1. The van der Waals surface area contributed by atoms with E-state index >= 15 is 0 Å². The molecule has 2 saturated heterocycles. The highest BCUT2D eigenvalue weighted by molar-refractivity contribution is 6.45. The molecule has 2 rings (SSSR count). The Morgan fingerprint density at radius 2 is 1.93 bits per heavy atom. The summed E-state index contributed by atoms with van der Waals surface area (Å²) in [6, 6.07) is -0.764. The first-order valence-corrected chi connectivity index (χ1v) is 9.53. The molecule has 3 atom stereocenters. The molecule has 28 heavy (non-hydrogen) atoms. The molecule has 0 aliphatic carbocycles. The van der Waals surface area contributed by atoms with Gasteiger partial charge in [0.1, 0.15) is 0 Å². The van der Waals surface area contributed by atoms with Gasteiger partial charge in [0.05, 0.1) is 17.2 Å². The van der Waals surface area contributed by atoms with E-state index in [2.05, 4.69) is 10.0 Å². The Morgan fingerprint density at radius 3 is 2.39 bits per heavy atom. The van der Waals surface area contributed by atoms with E-state index in [9.17, 15) is 14.7 Å². The van der Waals surface area contributed by atoms with Crippen LogP contribution in [0.3, 0.4) is 0 Å². The number of azide groups is 1. The number of carboxylic acids is 1. The number of nitrogens with zero attached hydrogens (tertiary/aromatic N) is 4. The fourth-order valence-electron chi connectivity index (χ4n) is 3.76. The molecular weight excluding hydrogens is 365 g/mol. The number of carbonyl (C=O) groups is 2. The quantitative estimate of drug-likeness (QED) is 0.303. The number of amides is 1. The van der Waals surface area contributed by atoms with E-state index in [1.165, 1.54) is 4.90 Å². The molecule has 0 bridgehead atoms. The van der Waals surface area contributed by atoms with Gasteiger partial charge in [-0.3, -0.25) is 9.59 Å². The van der Waals surface area contributed by atoms with Crippen LogP contribution in [0.5, 0.6) is 0 Å². The molecule has 11 heteroatoms. The summed E-state index contributed by atoms with van der Waals surface area (Å²) in [6.07, 6.45) is 1.26. The third-order valence-corrected chi connectivity index (χ3v) is 6.01. The number of piperidine rings is 1. The maximum absolute atomic E-state index is 12.4. The fraction of sp³-hybridized carbons (Fsp3) is 0.882. The Kier molecular flexibility index (Phi) is 6.35. The largest absolute Gasteiger partial charge is 0.481 e. The Balaban J connectivity index is 2.15. The summed E-state index contributed by atoms with van der Waals surface area (Å²) < 4.78 is 12.0. The van der Waals surface area contributed by atoms with Crippen LogP contribution in [0, 0.1) is 5.92 Å². The topological polar surface area (TPSA) is 151 Å². The van der Waals surface area contributed by atoms with E-state index in [0.29, 0.717) is 19.3 Å². The van der Waals surface area contributed by atoms with Crippen LogP contribution in [-0.4, -0.2) is 64.9 Å². The fourth-order valence-corrected chi connectivity index (χ4v) is 3.76. The molecule has 0 saturated carbocycles. The van der Waals surface area contributed by atoms with Crippen molar-refractivity contribution in [2.45, 2.75) is 76.6 Å². The van der Waals surface area contributed by atoms with Gasteiger partial charge in [-0.15, -0.1) is 0 Å². The molecule has 10 nitrogen and oxygen atoms in total. The molecule has 2 aliphatic heterocycles. The van der Waals surface area contributed by atoms with Crippen molar-refractivity contribution in [1.29, 1.82) is 0 Å². The number of aliphatic carboxylic acids is 1. The van der Waals surface area contributed by atoms with Gasteiger partial charge in [-0.05, 0) is 58.8 Å². The lowest BCUT2D eigenvalue weighted by atomic mass is 9.74. The minimum Gasteiger partial charge on any atom is -0.481 e. The highest BCUT2D eigenvalue weighted by atomic mass is 16.7. The second-order valence-corrected chi connectivity index (χ2v) is 8.87. The van der Waals surface area contributed by atoms with E-state index in [1.54, 1.807) is 6.92 Å². The number of rotatable bonds is 6. The predicted molar refractivity (Wildman–Crippen MR) is 103 cm³/mol. The van der Waals surface area contributed by atoms with E-state index in [-0.39, 0.29) is 24.8 Å². The van der Waals surface area contributed by atoms with Gasteiger partial charge in [0, 0.05) is 18.0 Å². The zero-order valence-corrected chi connectivity index (χ0v) is 17.2. The average Bonchev–Trinajstić information content (AvgIpc) is 2.79. The lowest BCUT2D eigenvalue weighted by Gasteiger charge is -2.42. The van der Waals surface area contributed by atoms with Crippen molar-refractivity contribution in [3.05, 3.63) is 10.4 Å². The molecule has 0 aromatic heterocycles. The summed E-state index contributed by atoms with van der Waals surface area (Å²) >= 11 is 0. The number of carboxylic acid groups (broad SMARTS) is 1. The number of nitrogens with two attached hydrogens (primary N) is 1. The van der Waals surface area contributed by atoms with Gasteiger partial charge in [0.15, 0.2) is 5.54 Å². The first-order chi connectivity index (χ1) is 12.8. The number of carbonyl (C=O) groups excluding carboxylic acids is 1. The summed E-state index contributed by atoms with van der Waals surface area (Å²) in [7, 11) is -0.414. The van der Waals surface area contributed by atoms with Crippen LogP contribution in [-0.2, 0) is 18.9 Å². The van der Waals surface area contributed by atoms with Gasteiger partial charge in [-0.25, -0.2) is 0 Å². The Bertz CT molecular complexity index is 659. The van der Waals surface area contributed by atoms with Crippen LogP contribution < -0.4 is 5.73 Å². The number of hydrogen-bond acceptors (Lipinski definition) is 6. The van der Waals surface area contributed by atoms with Gasteiger partial charge in [-0.1, -0.05) is 11.5 Å². The Hall–Kier alpha value is -1.81. The molecule has 0 radical (unpaired) electrons. The van der Waals surface area contributed by atoms with E-state index in [4.69, 9.17) is 20.6 Å². The van der Waals surface area contributed by atoms with Crippen molar-refractivity contribution in [3.8, 4) is 0 Å². The monoisotopic (exact) mass is 395 g/mol. The van der Waals surface area contributed by atoms with Crippen LogP contribution >= 0.6 is 0 Å². The summed E-state index contributed by atoms with van der Waals surface area (Å²) in [5, 5.41) is 13.3. The van der Waals surface area contributed by atoms with Gasteiger partial charge < -0.3 is 25.0 Å². The van der Waals surface area contributed by atoms with Crippen LogP contribution in [0.15, 0.2) is 5.11 Å². The number of likely N-dealkylation sites (tertiary alicyclic amines) is 1. The van der Waals surface area contributed by atoms with Crippen LogP contribution in [0.25, 0.3) is 10.4 Å². The highest BCUT2D eigenvalue weighted by Gasteiger charge is 2.52. The van der Waals surface area contributed by atoms with E-state index < -0.39 is 35.9 Å². The van der Waals surface area contributed by atoms with Crippen molar-refractivity contribution in [2.24, 2.45) is 16.8 Å². The zero-order valence-electron chi connectivity index (χ0n) is 17.2. The molecule has 0 unspecified atom stereocenters. The molecule has 2 fully saturated rings.